The number of ether oxygens (including phenoxy) is 2. The number of carbonyl (C=O) groups is 1. The minimum absolute atomic E-state index is 0.0614. The molecule has 5 unspecified atom stereocenters. The average Bonchev–Trinajstić information content (AvgIpc) is 2.94. The molecule has 0 saturated carbocycles. The first kappa shape index (κ1) is 22.4. The van der Waals surface area contributed by atoms with Crippen LogP contribution in [0.25, 0.3) is 0 Å². The molecule has 1 fully saturated rings. The number of aromatic nitrogens is 2. The summed E-state index contributed by atoms with van der Waals surface area (Å²) in [5.74, 6) is -0.435. The number of nitrogens with one attached hydrogen (secondary N) is 2. The van der Waals surface area contributed by atoms with Crippen molar-refractivity contribution in [3.05, 3.63) is 33.1 Å². The fourth-order valence-corrected chi connectivity index (χ4v) is 3.69. The molecule has 1 aliphatic rings. The topological polar surface area (TPSA) is 129 Å². The highest BCUT2D eigenvalue weighted by Gasteiger charge is 2.35. The molecule has 2 heterocycles. The molecule has 5 atom stereocenters. The van der Waals surface area contributed by atoms with E-state index in [9.17, 15) is 18.9 Å². The maximum absolute atomic E-state index is 11.9. The molecule has 1 aliphatic heterocycles. The number of H-pyrrole nitrogens is 1. The molecule has 0 radical (unpaired) electrons. The summed E-state index contributed by atoms with van der Waals surface area (Å²) in [4.78, 5) is 37.0. The van der Waals surface area contributed by atoms with Gasteiger partial charge in [-0.2, -0.15) is 0 Å². The molecule has 2 rings (SSSR count). The molecule has 0 aliphatic carbocycles. The number of nitrogens with zero attached hydrogens (tertiary/aromatic N) is 1. The highest BCUT2D eigenvalue weighted by atomic mass is 31.1. The molecule has 156 valence electrons. The van der Waals surface area contributed by atoms with Gasteiger partial charge in [-0.1, -0.05) is 12.0 Å². The van der Waals surface area contributed by atoms with E-state index in [2.05, 4.69) is 10.1 Å². The number of rotatable bonds is 9. The quantitative estimate of drug-likeness (QED) is 0.457. The van der Waals surface area contributed by atoms with E-state index in [-0.39, 0.29) is 24.7 Å². The molecular weight excluding hydrogens is 389 g/mol. The molecule has 1 saturated heterocycles. The van der Waals surface area contributed by atoms with Gasteiger partial charge in [0.15, 0.2) is 0 Å². The first-order valence-electron chi connectivity index (χ1n) is 9.21. The molecule has 0 spiro atoms. The molecular formula is C17H27N3O7P+. The van der Waals surface area contributed by atoms with E-state index in [4.69, 9.17) is 14.0 Å². The van der Waals surface area contributed by atoms with Crippen LogP contribution >= 0.6 is 8.18 Å². The van der Waals surface area contributed by atoms with Gasteiger partial charge in [-0.05, 0) is 31.8 Å². The van der Waals surface area contributed by atoms with Crippen LogP contribution in [0.4, 0.5) is 0 Å². The van der Waals surface area contributed by atoms with Gasteiger partial charge < -0.3 is 9.47 Å². The van der Waals surface area contributed by atoms with Crippen molar-refractivity contribution in [3.8, 4) is 0 Å². The van der Waals surface area contributed by atoms with E-state index in [1.54, 1.807) is 20.8 Å². The summed E-state index contributed by atoms with van der Waals surface area (Å²) in [6.07, 6.45) is 1.69. The SMILES string of the molecule is CC(C)OC(=O)C(C)N[P+](=O)OCCC1CC(C)C(n2ccc(=O)[nH]c2=O)O1. The summed E-state index contributed by atoms with van der Waals surface area (Å²) in [6.45, 7) is 7.14. The fourth-order valence-electron chi connectivity index (χ4n) is 2.92. The number of aromatic amines is 1. The zero-order valence-electron chi connectivity index (χ0n) is 16.4. The van der Waals surface area contributed by atoms with Crippen LogP contribution < -0.4 is 16.3 Å². The summed E-state index contributed by atoms with van der Waals surface area (Å²) in [5, 5.41) is 2.56. The average molecular weight is 416 g/mol. The van der Waals surface area contributed by atoms with Gasteiger partial charge in [0, 0.05) is 24.6 Å². The Labute approximate surface area is 163 Å². The number of esters is 1. The Morgan fingerprint density at radius 3 is 2.79 bits per heavy atom. The van der Waals surface area contributed by atoms with Crippen LogP contribution in [0.5, 0.6) is 0 Å². The maximum atomic E-state index is 11.9. The van der Waals surface area contributed by atoms with E-state index < -0.39 is 37.7 Å². The van der Waals surface area contributed by atoms with Crippen molar-refractivity contribution >= 4 is 14.1 Å². The number of hydrogen-bond acceptors (Lipinski definition) is 7. The van der Waals surface area contributed by atoms with Gasteiger partial charge in [0.25, 0.3) is 5.56 Å². The van der Waals surface area contributed by atoms with Gasteiger partial charge >= 0.3 is 19.8 Å². The fraction of sp³-hybridized carbons (Fsp3) is 0.706. The minimum Gasteiger partial charge on any atom is -0.462 e. The normalized spacial score (nSPS) is 23.6. The molecule has 11 heteroatoms. The van der Waals surface area contributed by atoms with Crippen LogP contribution in [0.1, 0.15) is 46.8 Å². The maximum Gasteiger partial charge on any atom is 0.613 e. The van der Waals surface area contributed by atoms with Crippen LogP contribution in [-0.4, -0.2) is 40.4 Å². The summed E-state index contributed by atoms with van der Waals surface area (Å²) in [5.41, 5.74) is -0.976. The Hall–Kier alpha value is -1.87. The van der Waals surface area contributed by atoms with Crippen molar-refractivity contribution in [1.29, 1.82) is 0 Å². The van der Waals surface area contributed by atoms with Crippen LogP contribution in [0, 0.1) is 5.92 Å². The van der Waals surface area contributed by atoms with E-state index >= 15 is 0 Å². The van der Waals surface area contributed by atoms with Crippen molar-refractivity contribution < 1.29 is 23.4 Å². The highest BCUT2D eigenvalue weighted by Crippen LogP contribution is 2.34. The first-order chi connectivity index (χ1) is 13.2. The van der Waals surface area contributed by atoms with Gasteiger partial charge in [0.2, 0.25) is 0 Å². The summed E-state index contributed by atoms with van der Waals surface area (Å²) in [7, 11) is -2.22. The second kappa shape index (κ2) is 10.1. The van der Waals surface area contributed by atoms with Crippen LogP contribution in [0.15, 0.2) is 21.9 Å². The number of hydrogen-bond donors (Lipinski definition) is 2. The van der Waals surface area contributed by atoms with E-state index in [1.807, 2.05) is 6.92 Å². The molecule has 28 heavy (non-hydrogen) atoms. The smallest absolute Gasteiger partial charge is 0.462 e. The lowest BCUT2D eigenvalue weighted by Gasteiger charge is -2.17. The van der Waals surface area contributed by atoms with Gasteiger partial charge in [-0.3, -0.25) is 19.1 Å². The predicted molar refractivity (Wildman–Crippen MR) is 101 cm³/mol. The number of carbonyl (C=O) groups excluding carboxylic acids is 1. The second-order valence-electron chi connectivity index (χ2n) is 7.09. The van der Waals surface area contributed by atoms with Gasteiger partial charge in [-0.25, -0.2) is 4.79 Å². The lowest BCUT2D eigenvalue weighted by atomic mass is 10.0. The molecule has 1 aromatic rings. The Bertz CT molecular complexity index is 806. The molecule has 2 N–H and O–H groups in total. The first-order valence-corrected chi connectivity index (χ1v) is 10.4. The van der Waals surface area contributed by atoms with E-state index in [0.717, 1.165) is 0 Å². The third-order valence-corrected chi connectivity index (χ3v) is 5.25. The van der Waals surface area contributed by atoms with Crippen LogP contribution in [0.2, 0.25) is 0 Å². The van der Waals surface area contributed by atoms with E-state index in [1.165, 1.54) is 16.8 Å². The summed E-state index contributed by atoms with van der Waals surface area (Å²) < 4.78 is 29.5. The van der Waals surface area contributed by atoms with Crippen LogP contribution in [-0.2, 0) is 23.4 Å². The zero-order chi connectivity index (χ0) is 20.8. The molecule has 0 aromatic carbocycles. The Morgan fingerprint density at radius 2 is 2.14 bits per heavy atom. The van der Waals surface area contributed by atoms with Gasteiger partial charge in [0.1, 0.15) is 18.9 Å². The third kappa shape index (κ3) is 6.34. The van der Waals surface area contributed by atoms with Crippen molar-refractivity contribution in [2.75, 3.05) is 6.61 Å². The lowest BCUT2D eigenvalue weighted by molar-refractivity contribution is -0.149. The Morgan fingerprint density at radius 1 is 1.43 bits per heavy atom. The highest BCUT2D eigenvalue weighted by molar-refractivity contribution is 7.36. The summed E-state index contributed by atoms with van der Waals surface area (Å²) in [6, 6.07) is 0.528. The second-order valence-corrected chi connectivity index (χ2v) is 8.13. The molecule has 0 amide bonds. The standard InChI is InChI=1S/C17H26N3O7P/c1-10(2)26-16(22)12(4)19-28(24)25-8-6-13-9-11(3)15(27-13)20-7-5-14(21)18-17(20)23/h5,7,10-13,15H,6,8-9H2,1-4H3,(H-,18,19,21,23,24)/p+1. The molecule has 10 nitrogen and oxygen atoms in total. The van der Waals surface area contributed by atoms with Crippen molar-refractivity contribution in [3.63, 3.8) is 0 Å². The monoisotopic (exact) mass is 416 g/mol. The minimum atomic E-state index is -2.22. The van der Waals surface area contributed by atoms with Crippen molar-refractivity contribution in [2.24, 2.45) is 5.92 Å². The lowest BCUT2D eigenvalue weighted by Crippen LogP contribution is -2.33. The Kier molecular flexibility index (Phi) is 8.06. The third-order valence-electron chi connectivity index (χ3n) is 4.23. The Balaban J connectivity index is 1.78. The van der Waals surface area contributed by atoms with Crippen LogP contribution in [0.3, 0.4) is 0 Å². The predicted octanol–water partition coefficient (Wildman–Crippen LogP) is 1.45. The molecule has 1 aromatic heterocycles. The largest absolute Gasteiger partial charge is 0.613 e. The summed E-state index contributed by atoms with van der Waals surface area (Å²) >= 11 is 0. The van der Waals surface area contributed by atoms with Gasteiger partial charge in [-0.15, -0.1) is 4.52 Å². The molecule has 0 bridgehead atoms. The van der Waals surface area contributed by atoms with Gasteiger partial charge in [0.05, 0.1) is 12.2 Å². The zero-order valence-corrected chi connectivity index (χ0v) is 17.3. The van der Waals surface area contributed by atoms with E-state index in [0.29, 0.717) is 12.8 Å². The van der Waals surface area contributed by atoms with Crippen molar-refractivity contribution in [1.82, 2.24) is 14.6 Å². The van der Waals surface area contributed by atoms with Crippen molar-refractivity contribution in [2.45, 2.75) is 65.0 Å².